The van der Waals surface area contributed by atoms with Crippen molar-refractivity contribution < 1.29 is 18.4 Å². The van der Waals surface area contributed by atoms with Crippen LogP contribution in [0.5, 0.6) is 0 Å². The second-order valence-corrected chi connectivity index (χ2v) is 5.23. The van der Waals surface area contributed by atoms with Gasteiger partial charge in [-0.15, -0.1) is 0 Å². The van der Waals surface area contributed by atoms with Crippen molar-refractivity contribution in [1.29, 1.82) is 0 Å². The van der Waals surface area contributed by atoms with E-state index in [1.807, 2.05) is 12.1 Å². The largest absolute Gasteiger partial charge is 0.344 e. The van der Waals surface area contributed by atoms with Crippen molar-refractivity contribution in [3.05, 3.63) is 65.5 Å². The van der Waals surface area contributed by atoms with Gasteiger partial charge in [0.1, 0.15) is 0 Å². The minimum Gasteiger partial charge on any atom is -0.344 e. The zero-order valence-electron chi connectivity index (χ0n) is 13.1. The normalized spacial score (nSPS) is 10.3. The topological polar surface area (TPSA) is 62.3 Å². The van der Waals surface area contributed by atoms with Crippen molar-refractivity contribution in [2.45, 2.75) is 6.42 Å². The van der Waals surface area contributed by atoms with E-state index in [0.29, 0.717) is 13.0 Å². The Balaban J connectivity index is 1.81. The number of nitrogens with one attached hydrogen (secondary N) is 1. The fourth-order valence-corrected chi connectivity index (χ4v) is 2.00. The fraction of sp³-hybridized carbons (Fsp3) is 0.235. The molecular formula is C17H17F2N3O2. The molecule has 0 atom stereocenters. The average molecular weight is 333 g/mol. The SMILES string of the molecule is CN(CCc1ccncc1)C(=O)CNC(=O)c1ccc(F)c(F)c1. The first kappa shape index (κ1) is 17.5. The van der Waals surface area contributed by atoms with Gasteiger partial charge >= 0.3 is 0 Å². The number of aromatic nitrogens is 1. The van der Waals surface area contributed by atoms with Gasteiger partial charge in [-0.1, -0.05) is 0 Å². The minimum atomic E-state index is -1.11. The molecular weight excluding hydrogens is 316 g/mol. The van der Waals surface area contributed by atoms with E-state index >= 15 is 0 Å². The van der Waals surface area contributed by atoms with E-state index in [-0.39, 0.29) is 18.0 Å². The number of hydrogen-bond acceptors (Lipinski definition) is 3. The van der Waals surface area contributed by atoms with E-state index < -0.39 is 17.5 Å². The van der Waals surface area contributed by atoms with Crippen LogP contribution in [0.3, 0.4) is 0 Å². The Hall–Kier alpha value is -2.83. The molecule has 0 radical (unpaired) electrons. The van der Waals surface area contributed by atoms with Gasteiger partial charge in [-0.3, -0.25) is 14.6 Å². The maximum absolute atomic E-state index is 13.1. The number of benzene rings is 1. The monoisotopic (exact) mass is 333 g/mol. The molecule has 0 fully saturated rings. The minimum absolute atomic E-state index is 0.0406. The lowest BCUT2D eigenvalue weighted by Crippen LogP contribution is -2.39. The third-order valence-electron chi connectivity index (χ3n) is 3.49. The summed E-state index contributed by atoms with van der Waals surface area (Å²) in [4.78, 5) is 29.2. The van der Waals surface area contributed by atoms with Gasteiger partial charge in [-0.05, 0) is 42.3 Å². The molecule has 0 aliphatic carbocycles. The molecule has 1 aromatic carbocycles. The number of carbonyl (C=O) groups is 2. The third-order valence-corrected chi connectivity index (χ3v) is 3.49. The summed E-state index contributed by atoms with van der Waals surface area (Å²) in [6.45, 7) is 0.272. The van der Waals surface area contributed by atoms with Crippen LogP contribution in [-0.2, 0) is 11.2 Å². The quantitative estimate of drug-likeness (QED) is 0.877. The zero-order chi connectivity index (χ0) is 17.5. The number of pyridine rings is 1. The van der Waals surface area contributed by atoms with Crippen molar-refractivity contribution in [3.63, 3.8) is 0 Å². The molecule has 1 aromatic heterocycles. The summed E-state index contributed by atoms with van der Waals surface area (Å²) in [6, 6.07) is 6.55. The lowest BCUT2D eigenvalue weighted by Gasteiger charge is -2.17. The third kappa shape index (κ3) is 4.84. The van der Waals surface area contributed by atoms with E-state index in [1.54, 1.807) is 19.4 Å². The fourth-order valence-electron chi connectivity index (χ4n) is 2.00. The lowest BCUT2D eigenvalue weighted by atomic mass is 10.2. The van der Waals surface area contributed by atoms with Gasteiger partial charge < -0.3 is 10.2 Å². The molecule has 126 valence electrons. The number of nitrogens with zero attached hydrogens (tertiary/aromatic N) is 2. The molecule has 0 saturated heterocycles. The molecule has 0 unspecified atom stereocenters. The maximum Gasteiger partial charge on any atom is 0.251 e. The van der Waals surface area contributed by atoms with Gasteiger partial charge in [0, 0.05) is 31.5 Å². The molecule has 0 bridgehead atoms. The summed E-state index contributed by atoms with van der Waals surface area (Å²) in [7, 11) is 1.63. The summed E-state index contributed by atoms with van der Waals surface area (Å²) in [6.07, 6.45) is 4.03. The number of hydrogen-bond donors (Lipinski definition) is 1. The van der Waals surface area contributed by atoms with E-state index in [1.165, 1.54) is 4.90 Å². The van der Waals surface area contributed by atoms with Crippen LogP contribution in [0.1, 0.15) is 15.9 Å². The molecule has 0 saturated carbocycles. The van der Waals surface area contributed by atoms with Crippen molar-refractivity contribution in [2.75, 3.05) is 20.1 Å². The summed E-state index contributed by atoms with van der Waals surface area (Å²) < 4.78 is 25.9. The summed E-state index contributed by atoms with van der Waals surface area (Å²) >= 11 is 0. The standard InChI is InChI=1S/C17H17F2N3O2/c1-22(9-6-12-4-7-20-8-5-12)16(23)11-21-17(24)13-2-3-14(18)15(19)10-13/h2-5,7-8,10H,6,9,11H2,1H3,(H,21,24). The molecule has 1 N–H and O–H groups in total. The molecule has 2 aromatic rings. The number of likely N-dealkylation sites (N-methyl/N-ethyl adjacent to an activating group) is 1. The summed E-state index contributed by atoms with van der Waals surface area (Å²) in [5.74, 6) is -3.05. The molecule has 7 heteroatoms. The van der Waals surface area contributed by atoms with E-state index in [2.05, 4.69) is 10.3 Å². The molecule has 5 nitrogen and oxygen atoms in total. The molecule has 24 heavy (non-hydrogen) atoms. The van der Waals surface area contributed by atoms with Crippen molar-refractivity contribution in [3.8, 4) is 0 Å². The van der Waals surface area contributed by atoms with Crippen LogP contribution >= 0.6 is 0 Å². The van der Waals surface area contributed by atoms with Crippen molar-refractivity contribution >= 4 is 11.8 Å². The van der Waals surface area contributed by atoms with Gasteiger partial charge in [-0.2, -0.15) is 0 Å². The Labute approximate surface area is 138 Å². The average Bonchev–Trinajstić information content (AvgIpc) is 2.60. The maximum atomic E-state index is 13.1. The first-order valence-electron chi connectivity index (χ1n) is 7.33. The highest BCUT2D eigenvalue weighted by molar-refractivity contribution is 5.96. The van der Waals surface area contributed by atoms with Gasteiger partial charge in [0.05, 0.1) is 6.54 Å². The Morgan fingerprint density at radius 3 is 2.50 bits per heavy atom. The first-order chi connectivity index (χ1) is 11.5. The highest BCUT2D eigenvalue weighted by Crippen LogP contribution is 2.08. The van der Waals surface area contributed by atoms with Crippen molar-refractivity contribution in [1.82, 2.24) is 15.2 Å². The number of amides is 2. The number of halogens is 2. The Kier molecular flexibility index (Phi) is 5.95. The predicted molar refractivity (Wildman–Crippen MR) is 84.3 cm³/mol. The lowest BCUT2D eigenvalue weighted by molar-refractivity contribution is -0.128. The van der Waals surface area contributed by atoms with Crippen LogP contribution in [0.25, 0.3) is 0 Å². The summed E-state index contributed by atoms with van der Waals surface area (Å²) in [5.41, 5.74) is 1.01. The highest BCUT2D eigenvalue weighted by atomic mass is 19.2. The number of carbonyl (C=O) groups excluding carboxylic acids is 2. The molecule has 2 amide bonds. The van der Waals surface area contributed by atoms with Crippen LogP contribution in [-0.4, -0.2) is 41.8 Å². The van der Waals surface area contributed by atoms with Gasteiger partial charge in [-0.25, -0.2) is 8.78 Å². The Bertz CT molecular complexity index is 723. The van der Waals surface area contributed by atoms with Crippen LogP contribution in [0, 0.1) is 11.6 Å². The van der Waals surface area contributed by atoms with Crippen molar-refractivity contribution in [2.24, 2.45) is 0 Å². The van der Waals surface area contributed by atoms with E-state index in [4.69, 9.17) is 0 Å². The second-order valence-electron chi connectivity index (χ2n) is 5.23. The number of rotatable bonds is 6. The summed E-state index contributed by atoms with van der Waals surface area (Å²) in [5, 5.41) is 2.40. The van der Waals surface area contributed by atoms with Crippen LogP contribution in [0.15, 0.2) is 42.7 Å². The molecule has 2 rings (SSSR count). The van der Waals surface area contributed by atoms with Gasteiger partial charge in [0.25, 0.3) is 5.91 Å². The predicted octanol–water partition coefficient (Wildman–Crippen LogP) is 1.79. The highest BCUT2D eigenvalue weighted by Gasteiger charge is 2.13. The Morgan fingerprint density at radius 1 is 1.12 bits per heavy atom. The van der Waals surface area contributed by atoms with Gasteiger partial charge in [0.15, 0.2) is 11.6 Å². The van der Waals surface area contributed by atoms with Crippen LogP contribution < -0.4 is 5.32 Å². The Morgan fingerprint density at radius 2 is 1.83 bits per heavy atom. The first-order valence-corrected chi connectivity index (χ1v) is 7.33. The zero-order valence-corrected chi connectivity index (χ0v) is 13.1. The van der Waals surface area contributed by atoms with Crippen LogP contribution in [0.4, 0.5) is 8.78 Å². The van der Waals surface area contributed by atoms with Crippen LogP contribution in [0.2, 0.25) is 0 Å². The van der Waals surface area contributed by atoms with E-state index in [9.17, 15) is 18.4 Å². The smallest absolute Gasteiger partial charge is 0.251 e. The van der Waals surface area contributed by atoms with Gasteiger partial charge in [0.2, 0.25) is 5.91 Å². The molecule has 0 aliphatic heterocycles. The molecule has 0 aliphatic rings. The second kappa shape index (κ2) is 8.14. The molecule has 1 heterocycles. The molecule has 0 spiro atoms. The van der Waals surface area contributed by atoms with E-state index in [0.717, 1.165) is 23.8 Å².